The minimum absolute atomic E-state index is 0. The first kappa shape index (κ1) is 23.9. The second-order valence-electron chi connectivity index (χ2n) is 5.24. The molecule has 122 valence electrons. The van der Waals surface area contributed by atoms with E-state index in [1.165, 1.54) is 51.4 Å². The molecule has 0 aromatic heterocycles. The first-order valence-electron chi connectivity index (χ1n) is 7.73. The van der Waals surface area contributed by atoms with Gasteiger partial charge in [-0.05, 0) is 6.42 Å². The van der Waals surface area contributed by atoms with Gasteiger partial charge in [0.1, 0.15) is 0 Å². The summed E-state index contributed by atoms with van der Waals surface area (Å²) < 4.78 is 14.4. The van der Waals surface area contributed by atoms with Crippen LogP contribution < -0.4 is 0 Å². The molecule has 0 aliphatic rings. The van der Waals surface area contributed by atoms with Crippen LogP contribution in [0.15, 0.2) is 0 Å². The van der Waals surface area contributed by atoms with Crippen molar-refractivity contribution in [1.82, 2.24) is 0 Å². The molecule has 0 fully saturated rings. The van der Waals surface area contributed by atoms with Gasteiger partial charge < -0.3 is 4.52 Å². The fraction of sp³-hybridized carbons (Fsp3) is 0.929. The fourth-order valence-corrected chi connectivity index (χ4v) is 2.47. The molecule has 0 unspecified atom stereocenters. The van der Waals surface area contributed by atoms with Crippen molar-refractivity contribution < 1.29 is 23.7 Å². The van der Waals surface area contributed by atoms with Gasteiger partial charge >= 0.3 is 43.3 Å². The van der Waals surface area contributed by atoms with E-state index in [1.54, 1.807) is 0 Å². The Morgan fingerprint density at radius 2 is 1.24 bits per heavy atom. The molecule has 7 heteroatoms. The number of phosphoric acid groups is 1. The van der Waals surface area contributed by atoms with Crippen LogP contribution >= 0.6 is 7.82 Å². The first-order valence-corrected chi connectivity index (χ1v) is 9.26. The molecule has 0 heterocycles. The van der Waals surface area contributed by atoms with E-state index in [0.717, 1.165) is 12.8 Å². The summed E-state index contributed by atoms with van der Waals surface area (Å²) in [7, 11) is -4.65. The van der Waals surface area contributed by atoms with Gasteiger partial charge in [0.25, 0.3) is 0 Å². The summed E-state index contributed by atoms with van der Waals surface area (Å²) >= 11 is 0. The van der Waals surface area contributed by atoms with E-state index in [9.17, 15) is 9.36 Å². The van der Waals surface area contributed by atoms with Crippen LogP contribution in [0.1, 0.15) is 84.0 Å². The van der Waals surface area contributed by atoms with E-state index in [-0.39, 0.29) is 36.0 Å². The molecule has 0 amide bonds. The number of carbonyl (C=O) groups is 1. The molecule has 0 saturated heterocycles. The van der Waals surface area contributed by atoms with Crippen LogP contribution in [0.5, 0.6) is 0 Å². The Kier molecular flexibility index (Phi) is 17.6. The SMILES string of the molecule is CCCCCCCCCCCCCC(=O)OP(=O)(O)O.[NaH]. The molecule has 0 spiro atoms. The third-order valence-corrected chi connectivity index (χ3v) is 3.65. The van der Waals surface area contributed by atoms with Gasteiger partial charge in [0.15, 0.2) is 0 Å². The third kappa shape index (κ3) is 20.6. The molecule has 0 saturated carbocycles. The maximum absolute atomic E-state index is 11.0. The number of hydrogen-bond donors (Lipinski definition) is 2. The van der Waals surface area contributed by atoms with E-state index < -0.39 is 13.8 Å². The number of hydrogen-bond acceptors (Lipinski definition) is 3. The van der Waals surface area contributed by atoms with E-state index in [1.807, 2.05) is 0 Å². The summed E-state index contributed by atoms with van der Waals surface area (Å²) in [6, 6.07) is 0. The van der Waals surface area contributed by atoms with Crippen molar-refractivity contribution in [2.75, 3.05) is 0 Å². The van der Waals surface area contributed by atoms with Gasteiger partial charge in [-0.2, -0.15) is 0 Å². The van der Waals surface area contributed by atoms with Crippen molar-refractivity contribution in [3.05, 3.63) is 0 Å². The second kappa shape index (κ2) is 15.5. The molecule has 0 aliphatic carbocycles. The summed E-state index contributed by atoms with van der Waals surface area (Å²) in [4.78, 5) is 27.9. The zero-order valence-corrected chi connectivity index (χ0v) is 13.4. The molecule has 2 N–H and O–H groups in total. The van der Waals surface area contributed by atoms with Gasteiger partial charge in [-0.15, -0.1) is 0 Å². The molecule has 0 rings (SSSR count). The van der Waals surface area contributed by atoms with E-state index in [2.05, 4.69) is 11.4 Å². The van der Waals surface area contributed by atoms with Crippen LogP contribution in [0, 0.1) is 0 Å². The molecule has 0 radical (unpaired) electrons. The predicted molar refractivity (Wildman–Crippen MR) is 86.4 cm³/mol. The second-order valence-corrected chi connectivity index (χ2v) is 6.40. The van der Waals surface area contributed by atoms with Gasteiger partial charge in [-0.1, -0.05) is 71.1 Å². The van der Waals surface area contributed by atoms with Crippen molar-refractivity contribution in [2.24, 2.45) is 0 Å². The Morgan fingerprint density at radius 1 is 0.857 bits per heavy atom. The number of rotatable bonds is 13. The fourth-order valence-electron chi connectivity index (χ4n) is 2.11. The zero-order chi connectivity index (χ0) is 15.3. The molecular formula is C14H30NaO5P. The van der Waals surface area contributed by atoms with Crippen LogP contribution in [0.3, 0.4) is 0 Å². The Bertz CT molecular complexity index is 293. The Balaban J connectivity index is 0. The molecule has 0 aromatic rings. The van der Waals surface area contributed by atoms with Crippen LogP contribution in [0.4, 0.5) is 0 Å². The summed E-state index contributed by atoms with van der Waals surface area (Å²) in [5.74, 6) is -0.811. The van der Waals surface area contributed by atoms with Crippen LogP contribution in [0.2, 0.25) is 0 Å². The number of unbranched alkanes of at least 4 members (excludes halogenated alkanes) is 10. The maximum atomic E-state index is 11.0. The van der Waals surface area contributed by atoms with Crippen molar-refractivity contribution in [3.63, 3.8) is 0 Å². The normalized spacial score (nSPS) is 11.0. The van der Waals surface area contributed by atoms with Gasteiger partial charge in [0, 0.05) is 6.42 Å². The first-order chi connectivity index (χ1) is 9.45. The summed E-state index contributed by atoms with van der Waals surface area (Å²) in [5.41, 5.74) is 0. The molecule has 0 atom stereocenters. The quantitative estimate of drug-likeness (QED) is 0.305. The number of phosphoric ester groups is 1. The average Bonchev–Trinajstić information content (AvgIpc) is 2.34. The standard InChI is InChI=1S/C14H29O5P.Na.H/c1-2-3-4-5-6-7-8-9-10-11-12-13-14(15)19-20(16,17)18;;/h2-13H2,1H3,(H2,16,17,18);;. The third-order valence-electron chi connectivity index (χ3n) is 3.21. The van der Waals surface area contributed by atoms with E-state index >= 15 is 0 Å². The molecular weight excluding hydrogens is 302 g/mol. The topological polar surface area (TPSA) is 83.8 Å². The Labute approximate surface area is 150 Å². The van der Waals surface area contributed by atoms with Crippen molar-refractivity contribution in [2.45, 2.75) is 84.0 Å². The summed E-state index contributed by atoms with van der Waals surface area (Å²) in [6.07, 6.45) is 13.0. The van der Waals surface area contributed by atoms with Crippen LogP contribution in [0.25, 0.3) is 0 Å². The van der Waals surface area contributed by atoms with E-state index in [4.69, 9.17) is 9.79 Å². The molecule has 0 aromatic carbocycles. The van der Waals surface area contributed by atoms with Crippen molar-refractivity contribution in [3.8, 4) is 0 Å². The number of carbonyl (C=O) groups excluding carboxylic acids is 1. The molecule has 0 aliphatic heterocycles. The molecule has 0 bridgehead atoms. The van der Waals surface area contributed by atoms with Gasteiger partial charge in [0.2, 0.25) is 0 Å². The summed E-state index contributed by atoms with van der Waals surface area (Å²) in [5, 5.41) is 0. The van der Waals surface area contributed by atoms with E-state index in [0.29, 0.717) is 6.42 Å². The minimum atomic E-state index is -4.65. The average molecular weight is 332 g/mol. The predicted octanol–water partition coefficient (Wildman–Crippen LogP) is 3.67. The van der Waals surface area contributed by atoms with Gasteiger partial charge in [-0.25, -0.2) is 4.57 Å². The molecule has 21 heavy (non-hydrogen) atoms. The molecule has 5 nitrogen and oxygen atoms in total. The van der Waals surface area contributed by atoms with Crippen molar-refractivity contribution >= 4 is 43.3 Å². The van der Waals surface area contributed by atoms with Crippen LogP contribution in [-0.2, 0) is 13.9 Å². The Morgan fingerprint density at radius 3 is 1.62 bits per heavy atom. The zero-order valence-electron chi connectivity index (χ0n) is 12.6. The summed E-state index contributed by atoms with van der Waals surface area (Å²) in [6.45, 7) is 2.22. The van der Waals surface area contributed by atoms with Gasteiger partial charge in [0.05, 0.1) is 0 Å². The Hall–Kier alpha value is 0.620. The van der Waals surface area contributed by atoms with Crippen molar-refractivity contribution in [1.29, 1.82) is 0 Å². The van der Waals surface area contributed by atoms with Crippen LogP contribution in [-0.4, -0.2) is 45.3 Å². The van der Waals surface area contributed by atoms with Gasteiger partial charge in [-0.3, -0.25) is 14.6 Å². The monoisotopic (exact) mass is 332 g/mol.